The van der Waals surface area contributed by atoms with Crippen LogP contribution in [0.5, 0.6) is 11.5 Å². The summed E-state index contributed by atoms with van der Waals surface area (Å²) in [7, 11) is 3.01. The van der Waals surface area contributed by atoms with Gasteiger partial charge in [0.15, 0.2) is 11.5 Å². The van der Waals surface area contributed by atoms with Crippen molar-refractivity contribution in [1.29, 1.82) is 0 Å². The third-order valence-electron chi connectivity index (χ3n) is 7.15. The Bertz CT molecular complexity index is 1970. The molecule has 0 aliphatic carbocycles. The Morgan fingerprint density at radius 3 is 2.12 bits per heavy atom. The van der Waals surface area contributed by atoms with E-state index in [0.717, 1.165) is 10.5 Å². The molecule has 3 N–H and O–H groups in total. The third-order valence-corrected chi connectivity index (χ3v) is 8.99. The Hall–Kier alpha value is -5.22. The zero-order valence-electron chi connectivity index (χ0n) is 26.4. The first kappa shape index (κ1) is 35.1. The quantitative estimate of drug-likeness (QED) is 0.0882. The topological polar surface area (TPSA) is 106 Å². The van der Waals surface area contributed by atoms with Crippen molar-refractivity contribution < 1.29 is 23.9 Å². The number of methoxy groups -OCH3 is 2. The molecule has 5 rings (SSSR count). The van der Waals surface area contributed by atoms with Crippen molar-refractivity contribution >= 4 is 70.1 Å². The lowest BCUT2D eigenvalue weighted by atomic mass is 10.1. The molecule has 0 spiro atoms. The fourth-order valence-electron chi connectivity index (χ4n) is 4.77. The van der Waals surface area contributed by atoms with E-state index < -0.39 is 17.1 Å². The second-order valence-corrected chi connectivity index (χ2v) is 12.5. The number of hydrogen-bond acceptors (Lipinski definition) is 6. The van der Waals surface area contributed by atoms with Gasteiger partial charge < -0.3 is 25.4 Å². The molecule has 1 atom stereocenters. The van der Waals surface area contributed by atoms with Crippen molar-refractivity contribution in [3.8, 4) is 11.5 Å². The molecule has 11 heteroatoms. The van der Waals surface area contributed by atoms with Gasteiger partial charge in [-0.3, -0.25) is 14.4 Å². The van der Waals surface area contributed by atoms with Gasteiger partial charge in [0.25, 0.3) is 11.8 Å². The maximum atomic E-state index is 13.7. The third kappa shape index (κ3) is 9.23. The second-order valence-electron chi connectivity index (χ2n) is 10.5. The Kier molecular flexibility index (Phi) is 12.0. The second kappa shape index (κ2) is 16.7. The lowest BCUT2D eigenvalue weighted by Crippen LogP contribution is -2.30. The van der Waals surface area contributed by atoms with E-state index in [9.17, 15) is 14.4 Å². The summed E-state index contributed by atoms with van der Waals surface area (Å²) in [6, 6.07) is 35.1. The smallest absolute Gasteiger partial charge is 0.272 e. The Morgan fingerprint density at radius 1 is 0.755 bits per heavy atom. The highest BCUT2D eigenvalue weighted by Crippen LogP contribution is 2.38. The fourth-order valence-corrected chi connectivity index (χ4v) is 6.13. The molecule has 49 heavy (non-hydrogen) atoms. The van der Waals surface area contributed by atoms with Gasteiger partial charge in [-0.05, 0) is 72.3 Å². The number of carbonyl (C=O) groups is 3. The van der Waals surface area contributed by atoms with E-state index in [1.54, 1.807) is 91.0 Å². The number of anilines is 2. The van der Waals surface area contributed by atoms with Crippen molar-refractivity contribution in [3.63, 3.8) is 0 Å². The Labute approximate surface area is 298 Å². The number of ether oxygens (including phenoxy) is 2. The van der Waals surface area contributed by atoms with Gasteiger partial charge >= 0.3 is 0 Å². The number of benzene rings is 5. The van der Waals surface area contributed by atoms with Gasteiger partial charge in [0.05, 0.1) is 24.9 Å². The van der Waals surface area contributed by atoms with E-state index in [4.69, 9.17) is 32.7 Å². The number of halogens is 2. The van der Waals surface area contributed by atoms with Crippen molar-refractivity contribution in [2.45, 2.75) is 10.1 Å². The number of rotatable bonds is 12. The van der Waals surface area contributed by atoms with E-state index >= 15 is 0 Å². The van der Waals surface area contributed by atoms with E-state index in [1.165, 1.54) is 32.1 Å². The summed E-state index contributed by atoms with van der Waals surface area (Å²) in [5.41, 5.74) is 2.56. The maximum absolute atomic E-state index is 13.7. The number of hydrogen-bond donors (Lipinski definition) is 3. The minimum Gasteiger partial charge on any atom is -0.493 e. The molecule has 1 unspecified atom stereocenters. The number of thioether (sulfide) groups is 1. The van der Waals surface area contributed by atoms with Crippen LogP contribution in [0, 0.1) is 0 Å². The van der Waals surface area contributed by atoms with Crippen molar-refractivity contribution in [2.75, 3.05) is 24.9 Å². The summed E-state index contributed by atoms with van der Waals surface area (Å²) >= 11 is 13.8. The van der Waals surface area contributed by atoms with Crippen molar-refractivity contribution in [3.05, 3.63) is 154 Å². The summed E-state index contributed by atoms with van der Waals surface area (Å²) in [6.07, 6.45) is 1.52. The van der Waals surface area contributed by atoms with E-state index in [0.29, 0.717) is 44.0 Å². The molecule has 5 aromatic rings. The molecule has 0 heterocycles. The highest BCUT2D eigenvalue weighted by atomic mass is 35.5. The standard InChI is InChI=1S/C38H31Cl2N3O5S/c1-47-33-15-9-14-26(34(33)48-2)22-32(43-36(44)25-12-7-4-8-13-25)37(45)41-28-17-19-29(20-18-28)49-35(24-10-5-3-6-11-24)38(46)42-31-23-27(39)16-21-30(31)40/h3-23,35H,1-2H3,(H,41,45)(H,42,46)(H,43,44)/b32-22-. The van der Waals surface area contributed by atoms with Crippen LogP contribution in [0.1, 0.15) is 26.7 Å². The van der Waals surface area contributed by atoms with E-state index in [1.807, 2.05) is 30.3 Å². The van der Waals surface area contributed by atoms with E-state index in [-0.39, 0.29) is 11.6 Å². The Balaban J connectivity index is 1.37. The molecule has 0 aromatic heterocycles. The monoisotopic (exact) mass is 711 g/mol. The number of amides is 3. The van der Waals surface area contributed by atoms with Crippen LogP contribution in [-0.2, 0) is 9.59 Å². The molecule has 0 aliphatic heterocycles. The summed E-state index contributed by atoms with van der Waals surface area (Å²) < 4.78 is 10.9. The summed E-state index contributed by atoms with van der Waals surface area (Å²) in [6.45, 7) is 0. The average Bonchev–Trinajstić information content (AvgIpc) is 3.13. The first-order valence-corrected chi connectivity index (χ1v) is 16.6. The van der Waals surface area contributed by atoms with E-state index in [2.05, 4.69) is 16.0 Å². The number of nitrogens with one attached hydrogen (secondary N) is 3. The van der Waals surface area contributed by atoms with Gasteiger partial charge in [-0.15, -0.1) is 11.8 Å². The summed E-state index contributed by atoms with van der Waals surface area (Å²) in [4.78, 5) is 41.1. The van der Waals surface area contributed by atoms with Gasteiger partial charge in [0, 0.05) is 26.7 Å². The fraction of sp³-hybridized carbons (Fsp3) is 0.0789. The zero-order chi connectivity index (χ0) is 34.8. The van der Waals surface area contributed by atoms with Crippen LogP contribution < -0.4 is 25.4 Å². The molecule has 0 fully saturated rings. The highest BCUT2D eigenvalue weighted by molar-refractivity contribution is 8.00. The molecular weight excluding hydrogens is 681 g/mol. The lowest BCUT2D eigenvalue weighted by molar-refractivity contribution is -0.116. The molecular formula is C38H31Cl2N3O5S. The van der Waals surface area contributed by atoms with Gasteiger partial charge in [0.1, 0.15) is 10.9 Å². The van der Waals surface area contributed by atoms with Gasteiger partial charge in [-0.2, -0.15) is 0 Å². The normalized spacial score (nSPS) is 11.6. The van der Waals surface area contributed by atoms with Gasteiger partial charge in [-0.1, -0.05) is 83.9 Å². The minimum atomic E-state index is -0.628. The molecule has 5 aromatic carbocycles. The molecule has 0 saturated heterocycles. The minimum absolute atomic E-state index is 0.0145. The summed E-state index contributed by atoms with van der Waals surface area (Å²) in [5.74, 6) is -0.430. The van der Waals surface area contributed by atoms with Crippen LogP contribution in [0.2, 0.25) is 10.0 Å². The van der Waals surface area contributed by atoms with Gasteiger partial charge in [0.2, 0.25) is 5.91 Å². The van der Waals surface area contributed by atoms with Crippen molar-refractivity contribution in [1.82, 2.24) is 5.32 Å². The SMILES string of the molecule is COc1cccc(/C=C(\NC(=O)c2ccccc2)C(=O)Nc2ccc(SC(C(=O)Nc3cc(Cl)ccc3Cl)c3ccccc3)cc2)c1OC. The van der Waals surface area contributed by atoms with Gasteiger partial charge in [-0.25, -0.2) is 0 Å². The summed E-state index contributed by atoms with van der Waals surface area (Å²) in [5, 5.41) is 8.67. The van der Waals surface area contributed by atoms with Crippen LogP contribution in [-0.4, -0.2) is 31.9 Å². The Morgan fingerprint density at radius 2 is 1.45 bits per heavy atom. The zero-order valence-corrected chi connectivity index (χ0v) is 28.7. The van der Waals surface area contributed by atoms with Crippen LogP contribution in [0.4, 0.5) is 11.4 Å². The van der Waals surface area contributed by atoms with Crippen LogP contribution in [0.3, 0.4) is 0 Å². The molecule has 3 amide bonds. The number of carbonyl (C=O) groups excluding carboxylic acids is 3. The molecule has 0 bridgehead atoms. The van der Waals surface area contributed by atoms with Crippen LogP contribution in [0.15, 0.2) is 132 Å². The predicted octanol–water partition coefficient (Wildman–Crippen LogP) is 8.89. The maximum Gasteiger partial charge on any atom is 0.272 e. The molecule has 0 saturated carbocycles. The number of para-hydroxylation sites is 1. The molecule has 0 radical (unpaired) electrons. The molecule has 0 aliphatic rings. The van der Waals surface area contributed by atoms with Crippen LogP contribution in [0.25, 0.3) is 6.08 Å². The lowest BCUT2D eigenvalue weighted by Gasteiger charge is -2.18. The molecule has 8 nitrogen and oxygen atoms in total. The first-order valence-electron chi connectivity index (χ1n) is 14.9. The largest absolute Gasteiger partial charge is 0.493 e. The first-order chi connectivity index (χ1) is 23.7. The average molecular weight is 713 g/mol. The molecule has 248 valence electrons. The highest BCUT2D eigenvalue weighted by Gasteiger charge is 2.23. The predicted molar refractivity (Wildman–Crippen MR) is 197 cm³/mol. The van der Waals surface area contributed by atoms with Crippen molar-refractivity contribution in [2.24, 2.45) is 0 Å². The van der Waals surface area contributed by atoms with Crippen LogP contribution >= 0.6 is 35.0 Å².